The second kappa shape index (κ2) is 3.20. The number of aromatic nitrogens is 1. The summed E-state index contributed by atoms with van der Waals surface area (Å²) < 4.78 is 22.3. The summed E-state index contributed by atoms with van der Waals surface area (Å²) >= 11 is 4.49. The van der Waals surface area contributed by atoms with Crippen LogP contribution >= 0.6 is 27.3 Å². The Bertz CT molecular complexity index is 343. The zero-order valence-corrected chi connectivity index (χ0v) is 8.96. The molecule has 0 aliphatic carbocycles. The first-order valence-corrected chi connectivity index (χ1v) is 6.42. The quantitative estimate of drug-likeness (QED) is 0.804. The first-order chi connectivity index (χ1) is 4.97. The van der Waals surface area contributed by atoms with Gasteiger partial charge in [-0.05, 0) is 15.9 Å². The third-order valence-electron chi connectivity index (χ3n) is 0.930. The van der Waals surface area contributed by atoms with Gasteiger partial charge in [-0.2, -0.15) is 0 Å². The van der Waals surface area contributed by atoms with Crippen LogP contribution in [-0.2, 0) is 15.6 Å². The average molecular weight is 256 g/mol. The summed E-state index contributed by atoms with van der Waals surface area (Å²) in [5.41, 5.74) is 0. The molecule has 1 aromatic heterocycles. The van der Waals surface area contributed by atoms with E-state index in [2.05, 4.69) is 20.9 Å². The van der Waals surface area contributed by atoms with Gasteiger partial charge in [0.25, 0.3) is 0 Å². The van der Waals surface area contributed by atoms with Gasteiger partial charge in [0.1, 0.15) is 0 Å². The van der Waals surface area contributed by atoms with Gasteiger partial charge < -0.3 is 0 Å². The highest BCUT2D eigenvalue weighted by atomic mass is 79.9. The summed E-state index contributed by atoms with van der Waals surface area (Å²) in [5.74, 6) is 0.0796. The second-order valence-corrected chi connectivity index (χ2v) is 6.68. The molecule has 0 bridgehead atoms. The molecular weight excluding hydrogens is 250 g/mol. The average Bonchev–Trinajstić information content (AvgIpc) is 2.10. The highest BCUT2D eigenvalue weighted by Gasteiger charge is 2.06. The molecule has 0 aliphatic heterocycles. The van der Waals surface area contributed by atoms with Crippen LogP contribution in [0.1, 0.15) is 4.88 Å². The first-order valence-electron chi connectivity index (χ1n) is 2.75. The van der Waals surface area contributed by atoms with Crippen LogP contribution in [0, 0.1) is 0 Å². The number of sulfone groups is 1. The summed E-state index contributed by atoms with van der Waals surface area (Å²) in [5, 5.41) is 0. The minimum atomic E-state index is -2.91. The van der Waals surface area contributed by atoms with E-state index < -0.39 is 9.84 Å². The largest absolute Gasteiger partial charge is 0.237 e. The van der Waals surface area contributed by atoms with Crippen molar-refractivity contribution in [3.8, 4) is 0 Å². The molecule has 62 valence electrons. The standard InChI is InChI=1S/C5H6BrNO2S2/c1-11(8,9)3-4-2-7-5(6)10-4/h2H,3H2,1H3. The smallest absolute Gasteiger partial charge is 0.159 e. The van der Waals surface area contributed by atoms with Gasteiger partial charge >= 0.3 is 0 Å². The van der Waals surface area contributed by atoms with Crippen LogP contribution in [0.4, 0.5) is 0 Å². The molecule has 0 amide bonds. The molecule has 1 rings (SSSR count). The van der Waals surface area contributed by atoms with Crippen molar-refractivity contribution in [3.05, 3.63) is 15.0 Å². The van der Waals surface area contributed by atoms with Crippen LogP contribution in [0.25, 0.3) is 0 Å². The lowest BCUT2D eigenvalue weighted by Gasteiger charge is -1.90. The van der Waals surface area contributed by atoms with Gasteiger partial charge in [-0.15, -0.1) is 11.3 Å². The molecule has 11 heavy (non-hydrogen) atoms. The first kappa shape index (κ1) is 9.15. The minimum Gasteiger partial charge on any atom is -0.237 e. The molecule has 0 aromatic carbocycles. The molecule has 1 heterocycles. The Morgan fingerprint density at radius 2 is 2.36 bits per heavy atom. The molecule has 0 fully saturated rings. The summed E-state index contributed by atoms with van der Waals surface area (Å²) in [6.45, 7) is 0. The zero-order valence-electron chi connectivity index (χ0n) is 5.74. The molecule has 0 saturated heterocycles. The van der Waals surface area contributed by atoms with E-state index in [0.29, 0.717) is 0 Å². The summed E-state index contributed by atoms with van der Waals surface area (Å²) in [7, 11) is -2.91. The second-order valence-electron chi connectivity index (χ2n) is 2.15. The van der Waals surface area contributed by atoms with Gasteiger partial charge in [0, 0.05) is 17.3 Å². The molecule has 0 spiro atoms. The maximum absolute atomic E-state index is 10.8. The van der Waals surface area contributed by atoms with Gasteiger partial charge in [-0.25, -0.2) is 13.4 Å². The number of hydrogen-bond donors (Lipinski definition) is 0. The van der Waals surface area contributed by atoms with Crippen LogP contribution in [0.15, 0.2) is 10.1 Å². The van der Waals surface area contributed by atoms with Crippen molar-refractivity contribution in [2.75, 3.05) is 6.26 Å². The Labute approximate surface area is 77.5 Å². The maximum atomic E-state index is 10.8. The highest BCUT2D eigenvalue weighted by Crippen LogP contribution is 2.19. The van der Waals surface area contributed by atoms with E-state index in [9.17, 15) is 8.42 Å². The van der Waals surface area contributed by atoms with E-state index in [1.54, 1.807) is 6.20 Å². The maximum Gasteiger partial charge on any atom is 0.159 e. The molecule has 3 nitrogen and oxygen atoms in total. The molecule has 0 radical (unpaired) electrons. The number of thiazole rings is 1. The fourth-order valence-corrected chi connectivity index (χ4v) is 3.23. The van der Waals surface area contributed by atoms with Crippen molar-refractivity contribution >= 4 is 37.1 Å². The Balaban J connectivity index is 2.81. The predicted molar refractivity (Wildman–Crippen MR) is 48.4 cm³/mol. The van der Waals surface area contributed by atoms with Gasteiger partial charge in [0.05, 0.1) is 5.75 Å². The predicted octanol–water partition coefficient (Wildman–Crippen LogP) is 1.45. The Morgan fingerprint density at radius 1 is 1.73 bits per heavy atom. The van der Waals surface area contributed by atoms with Crippen molar-refractivity contribution in [2.24, 2.45) is 0 Å². The Hall–Kier alpha value is 0.0600. The normalized spacial score (nSPS) is 11.8. The fourth-order valence-electron chi connectivity index (χ4n) is 0.609. The third-order valence-corrected chi connectivity index (χ3v) is 3.42. The van der Waals surface area contributed by atoms with E-state index >= 15 is 0 Å². The van der Waals surface area contributed by atoms with E-state index in [1.807, 2.05) is 0 Å². The van der Waals surface area contributed by atoms with Crippen molar-refractivity contribution in [3.63, 3.8) is 0 Å². The lowest BCUT2D eigenvalue weighted by Crippen LogP contribution is -1.98. The fraction of sp³-hybridized carbons (Fsp3) is 0.400. The van der Waals surface area contributed by atoms with Crippen molar-refractivity contribution < 1.29 is 8.42 Å². The lowest BCUT2D eigenvalue weighted by molar-refractivity contribution is 0.601. The van der Waals surface area contributed by atoms with Gasteiger partial charge in [-0.1, -0.05) is 0 Å². The SMILES string of the molecule is CS(=O)(=O)Cc1cnc(Br)s1. The summed E-state index contributed by atoms with van der Waals surface area (Å²) in [4.78, 5) is 4.63. The molecule has 1 aromatic rings. The van der Waals surface area contributed by atoms with E-state index in [-0.39, 0.29) is 5.75 Å². The molecular formula is C5H6BrNO2S2. The van der Waals surface area contributed by atoms with Crippen LogP contribution in [0.2, 0.25) is 0 Å². The summed E-state index contributed by atoms with van der Waals surface area (Å²) in [6.07, 6.45) is 2.77. The molecule has 0 atom stereocenters. The number of halogens is 1. The molecule has 0 N–H and O–H groups in total. The summed E-state index contributed by atoms with van der Waals surface area (Å²) in [6, 6.07) is 0. The third kappa shape index (κ3) is 3.31. The van der Waals surface area contributed by atoms with Crippen LogP contribution < -0.4 is 0 Å². The van der Waals surface area contributed by atoms with E-state index in [4.69, 9.17) is 0 Å². The van der Waals surface area contributed by atoms with Crippen LogP contribution in [0.5, 0.6) is 0 Å². The van der Waals surface area contributed by atoms with Gasteiger partial charge in [-0.3, -0.25) is 0 Å². The van der Waals surface area contributed by atoms with Gasteiger partial charge in [0.2, 0.25) is 0 Å². The number of hydrogen-bond acceptors (Lipinski definition) is 4. The Morgan fingerprint density at radius 3 is 2.73 bits per heavy atom. The topological polar surface area (TPSA) is 47.0 Å². The highest BCUT2D eigenvalue weighted by molar-refractivity contribution is 9.11. The lowest BCUT2D eigenvalue weighted by atomic mass is 10.6. The number of nitrogens with zero attached hydrogens (tertiary/aromatic N) is 1. The van der Waals surface area contributed by atoms with Crippen molar-refractivity contribution in [2.45, 2.75) is 5.75 Å². The van der Waals surface area contributed by atoms with E-state index in [0.717, 1.165) is 8.79 Å². The van der Waals surface area contributed by atoms with E-state index in [1.165, 1.54) is 17.6 Å². The molecule has 0 saturated carbocycles. The van der Waals surface area contributed by atoms with Crippen molar-refractivity contribution in [1.82, 2.24) is 4.98 Å². The van der Waals surface area contributed by atoms with Gasteiger partial charge in [0.15, 0.2) is 13.8 Å². The minimum absolute atomic E-state index is 0.0796. The molecule has 6 heteroatoms. The molecule has 0 aliphatic rings. The monoisotopic (exact) mass is 255 g/mol. The molecule has 0 unspecified atom stereocenters. The Kier molecular flexibility index (Phi) is 2.66. The van der Waals surface area contributed by atoms with Crippen LogP contribution in [-0.4, -0.2) is 19.7 Å². The zero-order chi connectivity index (χ0) is 8.48. The number of rotatable bonds is 2. The van der Waals surface area contributed by atoms with Crippen molar-refractivity contribution in [1.29, 1.82) is 0 Å². The van der Waals surface area contributed by atoms with Crippen LogP contribution in [0.3, 0.4) is 0 Å².